The fourth-order valence-corrected chi connectivity index (χ4v) is 6.43. The van der Waals surface area contributed by atoms with E-state index in [-0.39, 0.29) is 42.3 Å². The van der Waals surface area contributed by atoms with E-state index in [2.05, 4.69) is 0 Å². The summed E-state index contributed by atoms with van der Waals surface area (Å²) in [6, 6.07) is 8.96. The monoisotopic (exact) mass is 468 g/mol. The Morgan fingerprint density at radius 3 is 2.58 bits per heavy atom. The smallest absolute Gasteiger partial charge is 0.354 e. The summed E-state index contributed by atoms with van der Waals surface area (Å²) in [5.41, 5.74) is 1.36. The first-order chi connectivity index (χ1) is 15.8. The van der Waals surface area contributed by atoms with Crippen LogP contribution in [0.5, 0.6) is 0 Å². The van der Waals surface area contributed by atoms with Crippen molar-refractivity contribution >= 4 is 44.3 Å². The molecule has 2 aromatic carbocycles. The first-order valence-electron chi connectivity index (χ1n) is 10.8. The van der Waals surface area contributed by atoms with E-state index in [1.54, 1.807) is 10.9 Å². The molecule has 1 fully saturated rings. The third-order valence-corrected chi connectivity index (χ3v) is 7.96. The van der Waals surface area contributed by atoms with E-state index in [0.717, 1.165) is 21.0 Å². The highest BCUT2D eigenvalue weighted by Gasteiger charge is 2.59. The molecule has 33 heavy (non-hydrogen) atoms. The van der Waals surface area contributed by atoms with Crippen LogP contribution in [0.3, 0.4) is 0 Å². The van der Waals surface area contributed by atoms with Crippen molar-refractivity contribution in [2.75, 3.05) is 7.11 Å². The van der Waals surface area contributed by atoms with E-state index in [1.165, 1.54) is 23.5 Å². The van der Waals surface area contributed by atoms with E-state index >= 15 is 0 Å². The fourth-order valence-electron chi connectivity index (χ4n) is 5.33. The van der Waals surface area contributed by atoms with Gasteiger partial charge in [0.05, 0.1) is 48.4 Å². The number of aliphatic hydroxyl groups excluding tert-OH is 2. The number of aromatic nitrogens is 1. The molecule has 2 aliphatic heterocycles. The largest absolute Gasteiger partial charge is 0.464 e. The first kappa shape index (κ1) is 21.8. The van der Waals surface area contributed by atoms with Crippen molar-refractivity contribution in [3.05, 3.63) is 57.5 Å². The number of methoxy groups -OCH3 is 1. The molecule has 9 heteroatoms. The summed E-state index contributed by atoms with van der Waals surface area (Å²) >= 11 is 1.26. The third kappa shape index (κ3) is 2.99. The van der Waals surface area contributed by atoms with Crippen molar-refractivity contribution in [3.63, 3.8) is 0 Å². The normalized spacial score (nSPS) is 23.2. The van der Waals surface area contributed by atoms with Gasteiger partial charge in [0, 0.05) is 5.92 Å². The van der Waals surface area contributed by atoms with Gasteiger partial charge in [0.25, 0.3) is 5.56 Å². The Kier molecular flexibility index (Phi) is 5.15. The third-order valence-electron chi connectivity index (χ3n) is 6.92. The summed E-state index contributed by atoms with van der Waals surface area (Å²) < 4.78 is 7.29. The summed E-state index contributed by atoms with van der Waals surface area (Å²) in [5, 5.41) is 22.1. The van der Waals surface area contributed by atoms with Crippen molar-refractivity contribution in [1.29, 1.82) is 0 Å². The maximum Gasteiger partial charge on any atom is 0.354 e. The summed E-state index contributed by atoms with van der Waals surface area (Å²) in [5.74, 6) is -1.75. The molecule has 3 heterocycles. The minimum absolute atomic E-state index is 0.138. The maximum absolute atomic E-state index is 13.4. The van der Waals surface area contributed by atoms with Gasteiger partial charge in [0.15, 0.2) is 0 Å². The Morgan fingerprint density at radius 1 is 1.24 bits per heavy atom. The summed E-state index contributed by atoms with van der Waals surface area (Å²) in [6.45, 7) is 3.47. The lowest BCUT2D eigenvalue weighted by Gasteiger charge is -2.46. The lowest BCUT2D eigenvalue weighted by atomic mass is 9.78. The molecule has 0 spiro atoms. The van der Waals surface area contributed by atoms with E-state index in [1.807, 2.05) is 37.3 Å². The van der Waals surface area contributed by atoms with Gasteiger partial charge in [-0.15, -0.1) is 0 Å². The molecule has 1 saturated heterocycles. The quantitative estimate of drug-likeness (QED) is 0.438. The molecule has 0 saturated carbocycles. The van der Waals surface area contributed by atoms with E-state index < -0.39 is 18.0 Å². The van der Waals surface area contributed by atoms with Crippen molar-refractivity contribution < 1.29 is 24.5 Å². The molecule has 4 unspecified atom stereocenters. The zero-order chi connectivity index (χ0) is 23.6. The van der Waals surface area contributed by atoms with E-state index in [4.69, 9.17) is 4.74 Å². The van der Waals surface area contributed by atoms with Gasteiger partial charge >= 0.3 is 5.97 Å². The van der Waals surface area contributed by atoms with Crippen LogP contribution in [0.4, 0.5) is 0 Å². The second-order valence-electron chi connectivity index (χ2n) is 8.66. The molecule has 5 rings (SSSR count). The molecule has 0 bridgehead atoms. The SMILES string of the molecule is COC(=O)C1=C(Cn2sc3cc(CO)c4ccccc4c3c2=O)C(C)C2C(C(C)O)C(=O)N12. The molecular weight excluding hydrogens is 444 g/mol. The zero-order valence-electron chi connectivity index (χ0n) is 18.4. The molecule has 4 atom stereocenters. The highest BCUT2D eigenvalue weighted by atomic mass is 32.1. The number of nitrogens with zero attached hydrogens (tertiary/aromatic N) is 2. The first-order valence-corrected chi connectivity index (χ1v) is 11.5. The molecule has 0 aliphatic carbocycles. The number of benzene rings is 2. The minimum Gasteiger partial charge on any atom is -0.464 e. The second-order valence-corrected chi connectivity index (χ2v) is 9.73. The Balaban J connectivity index is 1.65. The van der Waals surface area contributed by atoms with Crippen molar-refractivity contribution in [3.8, 4) is 0 Å². The van der Waals surface area contributed by atoms with Gasteiger partial charge in [-0.25, -0.2) is 4.79 Å². The van der Waals surface area contributed by atoms with Crippen LogP contribution in [0.25, 0.3) is 20.9 Å². The number of hydrogen-bond acceptors (Lipinski definition) is 7. The number of fused-ring (bicyclic) bond motifs is 4. The van der Waals surface area contributed by atoms with Gasteiger partial charge in [0.2, 0.25) is 5.91 Å². The maximum atomic E-state index is 13.4. The number of amides is 1. The Morgan fingerprint density at radius 2 is 1.94 bits per heavy atom. The molecule has 172 valence electrons. The predicted molar refractivity (Wildman–Crippen MR) is 124 cm³/mol. The molecule has 1 aromatic heterocycles. The van der Waals surface area contributed by atoms with Crippen molar-refractivity contribution in [2.24, 2.45) is 11.8 Å². The van der Waals surface area contributed by atoms with Crippen molar-refractivity contribution in [1.82, 2.24) is 8.86 Å². The molecule has 2 N–H and O–H groups in total. The predicted octanol–water partition coefficient (Wildman–Crippen LogP) is 1.99. The van der Waals surface area contributed by atoms with Crippen LogP contribution in [0.1, 0.15) is 19.4 Å². The number of carbonyl (C=O) groups is 2. The summed E-state index contributed by atoms with van der Waals surface area (Å²) in [6.07, 6.45) is -0.838. The van der Waals surface area contributed by atoms with Gasteiger partial charge in [-0.1, -0.05) is 42.7 Å². The average molecular weight is 469 g/mol. The van der Waals surface area contributed by atoms with Crippen molar-refractivity contribution in [2.45, 2.75) is 39.1 Å². The molecule has 3 aromatic rings. The fraction of sp³-hybridized carbons (Fsp3) is 0.375. The number of hydrogen-bond donors (Lipinski definition) is 2. The summed E-state index contributed by atoms with van der Waals surface area (Å²) in [4.78, 5) is 40.2. The molecule has 8 nitrogen and oxygen atoms in total. The highest BCUT2D eigenvalue weighted by molar-refractivity contribution is 7.14. The average Bonchev–Trinajstić information content (AvgIpc) is 3.24. The second kappa shape index (κ2) is 7.79. The number of β-lactam (4-membered cyclic amide) rings is 1. The van der Waals surface area contributed by atoms with Crippen LogP contribution < -0.4 is 5.56 Å². The Bertz CT molecular complexity index is 1400. The lowest BCUT2D eigenvalue weighted by Crippen LogP contribution is -2.63. The van der Waals surface area contributed by atoms with E-state index in [9.17, 15) is 24.6 Å². The number of ether oxygens (including phenoxy) is 1. The number of aliphatic hydroxyl groups is 2. The standard InChI is InChI=1S/C24H24N2O6S/c1-11-16(21(24(31)32-3)26-20(11)18(12(2)28)23(26)30)9-25-22(29)19-15-7-5-4-6-14(15)13(10-27)8-17(19)33-25/h4-8,11-12,18,20,27-28H,9-10H2,1-3H3. The molecule has 1 amide bonds. The highest BCUT2D eigenvalue weighted by Crippen LogP contribution is 2.48. The minimum atomic E-state index is -0.838. The van der Waals surface area contributed by atoms with Gasteiger partial charge in [-0.3, -0.25) is 13.5 Å². The molecule has 2 aliphatic rings. The van der Waals surface area contributed by atoms with Gasteiger partial charge in [-0.2, -0.15) is 0 Å². The van der Waals surface area contributed by atoms with Gasteiger partial charge in [0.1, 0.15) is 5.70 Å². The van der Waals surface area contributed by atoms with E-state index in [0.29, 0.717) is 11.0 Å². The summed E-state index contributed by atoms with van der Waals surface area (Å²) in [7, 11) is 1.26. The molecular formula is C24H24N2O6S. The van der Waals surface area contributed by atoms with Crippen LogP contribution in [0.2, 0.25) is 0 Å². The number of esters is 1. The van der Waals surface area contributed by atoms with Gasteiger partial charge in [-0.05, 0) is 34.9 Å². The van der Waals surface area contributed by atoms with Crippen LogP contribution in [0.15, 0.2) is 46.4 Å². The number of carbonyl (C=O) groups excluding carboxylic acids is 2. The lowest BCUT2D eigenvalue weighted by molar-refractivity contribution is -0.163. The molecule has 0 radical (unpaired) electrons. The van der Waals surface area contributed by atoms with Crippen LogP contribution in [-0.4, -0.2) is 50.2 Å². The van der Waals surface area contributed by atoms with Crippen LogP contribution in [-0.2, 0) is 27.5 Å². The van der Waals surface area contributed by atoms with Crippen LogP contribution >= 0.6 is 11.5 Å². The van der Waals surface area contributed by atoms with Gasteiger partial charge < -0.3 is 19.8 Å². The Hall–Kier alpha value is -3.01. The zero-order valence-corrected chi connectivity index (χ0v) is 19.3. The topological polar surface area (TPSA) is 109 Å². The van der Waals surface area contributed by atoms with Crippen LogP contribution in [0, 0.1) is 11.8 Å². The number of rotatable bonds is 5. The Labute approximate surface area is 193 Å².